The molecule has 0 spiro atoms. The predicted molar refractivity (Wildman–Crippen MR) is 84.1 cm³/mol. The van der Waals surface area contributed by atoms with Crippen molar-refractivity contribution in [2.75, 3.05) is 23.8 Å². The first-order valence-electron chi connectivity index (χ1n) is 6.76. The van der Waals surface area contributed by atoms with Crippen molar-refractivity contribution in [3.63, 3.8) is 0 Å². The van der Waals surface area contributed by atoms with Gasteiger partial charge in [-0.25, -0.2) is 0 Å². The number of para-hydroxylation sites is 2. The van der Waals surface area contributed by atoms with E-state index in [-0.39, 0.29) is 5.91 Å². The summed E-state index contributed by atoms with van der Waals surface area (Å²) in [4.78, 5) is 14.5. The van der Waals surface area contributed by atoms with E-state index in [9.17, 15) is 4.79 Å². The summed E-state index contributed by atoms with van der Waals surface area (Å²) in [5, 5.41) is 0.364. The molecule has 0 aliphatic carbocycles. The lowest BCUT2D eigenvalue weighted by Gasteiger charge is -2.23. The summed E-state index contributed by atoms with van der Waals surface area (Å²) in [5.74, 6) is 0.505. The number of fused-ring (bicyclic) bond motifs is 1. The zero-order valence-corrected chi connectivity index (χ0v) is 12.1. The van der Waals surface area contributed by atoms with Gasteiger partial charge in [0.05, 0.1) is 22.9 Å². The Morgan fingerprint density at radius 2 is 2.00 bits per heavy atom. The van der Waals surface area contributed by atoms with E-state index in [1.165, 1.54) is 0 Å². The van der Waals surface area contributed by atoms with E-state index in [2.05, 4.69) is 0 Å². The molecule has 5 heteroatoms. The summed E-state index contributed by atoms with van der Waals surface area (Å²) in [7, 11) is 0. The highest BCUT2D eigenvalue weighted by Crippen LogP contribution is 2.33. The van der Waals surface area contributed by atoms with Gasteiger partial charge in [-0.05, 0) is 30.7 Å². The number of nitrogens with two attached hydrogens (primary N) is 1. The molecule has 1 amide bonds. The molecule has 1 aliphatic heterocycles. The van der Waals surface area contributed by atoms with E-state index in [0.29, 0.717) is 35.2 Å². The van der Waals surface area contributed by atoms with E-state index in [1.807, 2.05) is 24.3 Å². The number of nitrogens with zero attached hydrogens (tertiary/aromatic N) is 1. The summed E-state index contributed by atoms with van der Waals surface area (Å²) in [5.41, 5.74) is 7.40. The van der Waals surface area contributed by atoms with Crippen LogP contribution in [0.4, 0.5) is 11.4 Å². The standard InChI is InChI=1S/C16H15ClN2O2/c17-11-5-3-6-12(18)15(11)16(20)19-9-4-10-21-14-8-2-1-7-13(14)19/h1-3,5-8H,4,9-10,18H2. The first-order chi connectivity index (χ1) is 10.2. The second-order valence-electron chi connectivity index (χ2n) is 4.83. The SMILES string of the molecule is Nc1cccc(Cl)c1C(=O)N1CCCOc2ccccc21. The van der Waals surface area contributed by atoms with E-state index in [0.717, 1.165) is 12.1 Å². The van der Waals surface area contributed by atoms with Crippen LogP contribution in [0, 0.1) is 0 Å². The smallest absolute Gasteiger partial charge is 0.261 e. The molecule has 0 unspecified atom stereocenters. The Hall–Kier alpha value is -2.20. The van der Waals surface area contributed by atoms with E-state index < -0.39 is 0 Å². The van der Waals surface area contributed by atoms with Crippen LogP contribution in [0.2, 0.25) is 5.02 Å². The Balaban J connectivity index is 2.06. The van der Waals surface area contributed by atoms with Gasteiger partial charge >= 0.3 is 0 Å². The molecular weight excluding hydrogens is 288 g/mol. The normalized spacial score (nSPS) is 14.0. The van der Waals surface area contributed by atoms with Crippen molar-refractivity contribution in [3.05, 3.63) is 53.1 Å². The molecule has 1 heterocycles. The summed E-state index contributed by atoms with van der Waals surface area (Å²) in [6, 6.07) is 12.6. The number of anilines is 2. The third-order valence-electron chi connectivity index (χ3n) is 3.44. The molecule has 0 radical (unpaired) electrons. The fourth-order valence-corrected chi connectivity index (χ4v) is 2.70. The molecule has 0 aromatic heterocycles. The maximum absolute atomic E-state index is 12.9. The topological polar surface area (TPSA) is 55.6 Å². The summed E-state index contributed by atoms with van der Waals surface area (Å²) < 4.78 is 5.67. The molecule has 0 fully saturated rings. The Bertz CT molecular complexity index is 667. The molecule has 0 saturated carbocycles. The van der Waals surface area contributed by atoms with Crippen molar-refractivity contribution < 1.29 is 9.53 Å². The second kappa shape index (κ2) is 5.66. The Kier molecular flexibility index (Phi) is 3.71. The maximum Gasteiger partial charge on any atom is 0.261 e. The van der Waals surface area contributed by atoms with Crippen LogP contribution in [0.5, 0.6) is 5.75 Å². The Morgan fingerprint density at radius 3 is 2.81 bits per heavy atom. The highest BCUT2D eigenvalue weighted by Gasteiger charge is 2.25. The highest BCUT2D eigenvalue weighted by molar-refractivity contribution is 6.35. The van der Waals surface area contributed by atoms with E-state index in [1.54, 1.807) is 23.1 Å². The number of halogens is 1. The number of hydrogen-bond acceptors (Lipinski definition) is 3. The van der Waals surface area contributed by atoms with Crippen LogP contribution in [0.1, 0.15) is 16.8 Å². The molecule has 4 nitrogen and oxygen atoms in total. The largest absolute Gasteiger partial charge is 0.491 e. The first-order valence-corrected chi connectivity index (χ1v) is 7.14. The zero-order chi connectivity index (χ0) is 14.8. The number of ether oxygens (including phenoxy) is 1. The molecule has 2 N–H and O–H groups in total. The molecule has 2 aromatic carbocycles. The Morgan fingerprint density at radius 1 is 1.19 bits per heavy atom. The van der Waals surface area contributed by atoms with Crippen LogP contribution in [-0.2, 0) is 0 Å². The van der Waals surface area contributed by atoms with Crippen molar-refractivity contribution in [3.8, 4) is 5.75 Å². The van der Waals surface area contributed by atoms with Crippen LogP contribution in [0.3, 0.4) is 0 Å². The molecule has 3 rings (SSSR count). The van der Waals surface area contributed by atoms with Gasteiger partial charge in [0, 0.05) is 12.2 Å². The van der Waals surface area contributed by atoms with E-state index >= 15 is 0 Å². The van der Waals surface area contributed by atoms with Crippen molar-refractivity contribution in [2.24, 2.45) is 0 Å². The van der Waals surface area contributed by atoms with Crippen molar-refractivity contribution in [2.45, 2.75) is 6.42 Å². The fraction of sp³-hybridized carbons (Fsp3) is 0.188. The molecule has 108 valence electrons. The van der Waals surface area contributed by atoms with E-state index in [4.69, 9.17) is 22.1 Å². The second-order valence-corrected chi connectivity index (χ2v) is 5.24. The third kappa shape index (κ3) is 2.54. The van der Waals surface area contributed by atoms with Gasteiger partial charge in [-0.15, -0.1) is 0 Å². The quantitative estimate of drug-likeness (QED) is 0.822. The van der Waals surface area contributed by atoms with Crippen LogP contribution in [0.15, 0.2) is 42.5 Å². The van der Waals surface area contributed by atoms with Crippen molar-refractivity contribution in [1.82, 2.24) is 0 Å². The van der Waals surface area contributed by atoms with Gasteiger partial charge < -0.3 is 15.4 Å². The van der Waals surface area contributed by atoms with Crippen LogP contribution >= 0.6 is 11.6 Å². The minimum atomic E-state index is -0.198. The lowest BCUT2D eigenvalue weighted by molar-refractivity contribution is 0.0988. The molecule has 0 saturated heterocycles. The van der Waals surface area contributed by atoms with Crippen LogP contribution in [0.25, 0.3) is 0 Å². The van der Waals surface area contributed by atoms with Gasteiger partial charge in [0.25, 0.3) is 5.91 Å². The number of nitrogen functional groups attached to an aromatic ring is 1. The number of carbonyl (C=O) groups is 1. The molecule has 0 bridgehead atoms. The minimum absolute atomic E-state index is 0.198. The van der Waals surface area contributed by atoms with Gasteiger partial charge in [-0.2, -0.15) is 0 Å². The molecule has 1 aliphatic rings. The van der Waals surface area contributed by atoms with Crippen molar-refractivity contribution >= 4 is 28.9 Å². The Labute approximate surface area is 128 Å². The molecular formula is C16H15ClN2O2. The number of hydrogen-bond donors (Lipinski definition) is 1. The van der Waals surface area contributed by atoms with Gasteiger partial charge in [-0.3, -0.25) is 4.79 Å². The summed E-state index contributed by atoms with van der Waals surface area (Å²) in [6.07, 6.45) is 0.755. The monoisotopic (exact) mass is 302 g/mol. The fourth-order valence-electron chi connectivity index (χ4n) is 2.44. The molecule has 21 heavy (non-hydrogen) atoms. The first kappa shape index (κ1) is 13.8. The van der Waals surface area contributed by atoms with Gasteiger partial charge in [0.2, 0.25) is 0 Å². The number of amides is 1. The zero-order valence-electron chi connectivity index (χ0n) is 11.4. The average molecular weight is 303 g/mol. The lowest BCUT2D eigenvalue weighted by atomic mass is 10.1. The number of benzene rings is 2. The van der Waals surface area contributed by atoms with Gasteiger partial charge in [0.15, 0.2) is 0 Å². The third-order valence-corrected chi connectivity index (χ3v) is 3.76. The predicted octanol–water partition coefficient (Wildman–Crippen LogP) is 3.35. The maximum atomic E-state index is 12.9. The van der Waals surface area contributed by atoms with Crippen LogP contribution < -0.4 is 15.4 Å². The van der Waals surface area contributed by atoms with Crippen molar-refractivity contribution in [1.29, 1.82) is 0 Å². The summed E-state index contributed by atoms with van der Waals surface area (Å²) in [6.45, 7) is 1.15. The number of carbonyl (C=O) groups excluding carboxylic acids is 1. The molecule has 0 atom stereocenters. The number of rotatable bonds is 1. The lowest BCUT2D eigenvalue weighted by Crippen LogP contribution is -2.32. The van der Waals surface area contributed by atoms with Gasteiger partial charge in [0.1, 0.15) is 5.75 Å². The average Bonchev–Trinajstić information content (AvgIpc) is 2.69. The highest BCUT2D eigenvalue weighted by atomic mass is 35.5. The van der Waals surface area contributed by atoms with Crippen LogP contribution in [-0.4, -0.2) is 19.1 Å². The minimum Gasteiger partial charge on any atom is -0.491 e. The summed E-state index contributed by atoms with van der Waals surface area (Å²) >= 11 is 6.15. The molecule has 2 aromatic rings. The van der Waals surface area contributed by atoms with Gasteiger partial charge in [-0.1, -0.05) is 29.8 Å².